The fourth-order valence-corrected chi connectivity index (χ4v) is 5.92. The molecule has 0 spiro atoms. The summed E-state index contributed by atoms with van der Waals surface area (Å²) in [5.74, 6) is -0.857. The number of rotatable bonds is 36. The van der Waals surface area contributed by atoms with Crippen LogP contribution in [-0.2, 0) is 32.7 Å². The van der Waals surface area contributed by atoms with Crippen LogP contribution >= 0.6 is 7.82 Å². The highest BCUT2D eigenvalue weighted by molar-refractivity contribution is 7.47. The van der Waals surface area contributed by atoms with Gasteiger partial charge in [0.15, 0.2) is 6.10 Å². The summed E-state index contributed by atoms with van der Waals surface area (Å²) >= 11 is 0. The molecule has 0 aliphatic heterocycles. The Labute approximate surface area is 293 Å². The van der Waals surface area contributed by atoms with Crippen LogP contribution in [0.5, 0.6) is 0 Å². The molecular weight excluding hydrogens is 629 g/mol. The fraction of sp³-hybridized carbons (Fsp3) is 0.842. The third-order valence-electron chi connectivity index (χ3n) is 8.06. The Balaban J connectivity index is 4.25. The van der Waals surface area contributed by atoms with E-state index in [-0.39, 0.29) is 32.6 Å². The first-order valence-electron chi connectivity index (χ1n) is 19.3. The van der Waals surface area contributed by atoms with Crippen molar-refractivity contribution >= 4 is 19.8 Å². The minimum Gasteiger partial charge on any atom is -0.462 e. The Kier molecular flexibility index (Phi) is 34.2. The second-order valence-electron chi connectivity index (χ2n) is 12.8. The Morgan fingerprint density at radius 3 is 1.54 bits per heavy atom. The predicted molar refractivity (Wildman–Crippen MR) is 197 cm³/mol. The smallest absolute Gasteiger partial charge is 0.462 e. The lowest BCUT2D eigenvalue weighted by molar-refractivity contribution is -0.161. The van der Waals surface area contributed by atoms with Gasteiger partial charge in [-0.15, -0.1) is 0 Å². The van der Waals surface area contributed by atoms with Gasteiger partial charge >= 0.3 is 19.8 Å². The molecule has 0 saturated carbocycles. The molecule has 0 aromatic carbocycles. The predicted octanol–water partition coefficient (Wildman–Crippen LogP) is 10.4. The maximum atomic E-state index is 12.5. The van der Waals surface area contributed by atoms with E-state index in [1.54, 1.807) is 0 Å². The van der Waals surface area contributed by atoms with Crippen molar-refractivity contribution in [2.75, 3.05) is 26.4 Å². The van der Waals surface area contributed by atoms with Crippen LogP contribution in [0.3, 0.4) is 0 Å². The first kappa shape index (κ1) is 46.5. The lowest BCUT2D eigenvalue weighted by Crippen LogP contribution is -2.29. The highest BCUT2D eigenvalue weighted by Gasteiger charge is 2.25. The number of unbranched alkanes of at least 4 members (excludes halogenated alkanes) is 19. The number of esters is 2. The zero-order valence-corrected chi connectivity index (χ0v) is 31.6. The number of ether oxygens (including phenoxy) is 2. The van der Waals surface area contributed by atoms with E-state index < -0.39 is 32.5 Å². The van der Waals surface area contributed by atoms with E-state index >= 15 is 0 Å². The first-order valence-corrected chi connectivity index (χ1v) is 20.8. The number of nitrogens with two attached hydrogens (primary N) is 1. The molecule has 0 bridgehead atoms. The van der Waals surface area contributed by atoms with Crippen molar-refractivity contribution in [1.29, 1.82) is 0 Å². The topological polar surface area (TPSA) is 134 Å². The molecule has 2 atom stereocenters. The van der Waals surface area contributed by atoms with Crippen molar-refractivity contribution in [2.24, 2.45) is 5.73 Å². The highest BCUT2D eigenvalue weighted by Crippen LogP contribution is 2.43. The van der Waals surface area contributed by atoms with Crippen LogP contribution in [0, 0.1) is 0 Å². The first-order chi connectivity index (χ1) is 23.3. The monoisotopic (exact) mass is 701 g/mol. The van der Waals surface area contributed by atoms with Crippen molar-refractivity contribution in [3.63, 3.8) is 0 Å². The minimum absolute atomic E-state index is 0.0508. The molecule has 0 aromatic rings. The van der Waals surface area contributed by atoms with E-state index in [9.17, 15) is 19.0 Å². The summed E-state index contributed by atoms with van der Waals surface area (Å²) in [7, 11) is -4.37. The lowest BCUT2D eigenvalue weighted by atomic mass is 10.1. The third-order valence-corrected chi connectivity index (χ3v) is 9.04. The molecular formula is C38H72NO8P. The van der Waals surface area contributed by atoms with Crippen molar-refractivity contribution in [2.45, 2.75) is 180 Å². The second-order valence-corrected chi connectivity index (χ2v) is 14.2. The van der Waals surface area contributed by atoms with E-state index in [1.165, 1.54) is 77.0 Å². The number of phosphoric ester groups is 1. The van der Waals surface area contributed by atoms with Gasteiger partial charge in [0.2, 0.25) is 0 Å². The molecule has 0 radical (unpaired) electrons. The molecule has 0 saturated heterocycles. The summed E-state index contributed by atoms with van der Waals surface area (Å²) in [5, 5.41) is 0. The molecule has 0 heterocycles. The van der Waals surface area contributed by atoms with Gasteiger partial charge in [-0.3, -0.25) is 18.6 Å². The van der Waals surface area contributed by atoms with Gasteiger partial charge in [0.05, 0.1) is 13.2 Å². The number of hydrogen-bond donors (Lipinski definition) is 2. The number of carbonyl (C=O) groups is 2. The van der Waals surface area contributed by atoms with Gasteiger partial charge in [0.1, 0.15) is 6.61 Å². The summed E-state index contributed by atoms with van der Waals surface area (Å²) in [6, 6.07) is 0. The molecule has 0 fully saturated rings. The molecule has 0 aromatic heterocycles. The number of phosphoric acid groups is 1. The molecule has 1 unspecified atom stereocenters. The standard InChI is InChI=1S/C38H72NO8P/c1-3-5-7-9-11-13-15-17-18-19-21-23-25-27-29-31-38(41)47-36(35-46-48(42,43)45-33-32-39)34-44-37(40)30-28-26-24-22-20-16-14-12-10-8-6-4-2/h12,14,19,21,36H,3-11,13,15-18,20,22-35,39H2,1-2H3,(H,42,43)/b14-12+,21-19+/t36-/m1/s1. The van der Waals surface area contributed by atoms with Gasteiger partial charge in [0.25, 0.3) is 0 Å². The van der Waals surface area contributed by atoms with Gasteiger partial charge in [-0.05, 0) is 64.2 Å². The van der Waals surface area contributed by atoms with Crippen LogP contribution < -0.4 is 5.73 Å². The van der Waals surface area contributed by atoms with Crippen LogP contribution in [0.25, 0.3) is 0 Å². The summed E-state index contributed by atoms with van der Waals surface area (Å²) in [6.07, 6.45) is 34.9. The highest BCUT2D eigenvalue weighted by atomic mass is 31.2. The molecule has 0 amide bonds. The van der Waals surface area contributed by atoms with Crippen molar-refractivity contribution in [1.82, 2.24) is 0 Å². The van der Waals surface area contributed by atoms with Crippen molar-refractivity contribution in [3.8, 4) is 0 Å². The summed E-state index contributed by atoms with van der Waals surface area (Å²) in [4.78, 5) is 34.7. The summed E-state index contributed by atoms with van der Waals surface area (Å²) < 4.78 is 32.6. The summed E-state index contributed by atoms with van der Waals surface area (Å²) in [6.45, 7) is 3.67. The molecule has 0 aliphatic rings. The maximum Gasteiger partial charge on any atom is 0.472 e. The molecule has 9 nitrogen and oxygen atoms in total. The van der Waals surface area contributed by atoms with E-state index in [1.807, 2.05) is 0 Å². The largest absolute Gasteiger partial charge is 0.472 e. The molecule has 282 valence electrons. The van der Waals surface area contributed by atoms with Gasteiger partial charge < -0.3 is 20.1 Å². The minimum atomic E-state index is -4.37. The van der Waals surface area contributed by atoms with Gasteiger partial charge in [-0.2, -0.15) is 0 Å². The molecule has 0 rings (SSSR count). The van der Waals surface area contributed by atoms with Crippen LogP contribution in [0.2, 0.25) is 0 Å². The molecule has 3 N–H and O–H groups in total. The molecule has 48 heavy (non-hydrogen) atoms. The van der Waals surface area contributed by atoms with Gasteiger partial charge in [0, 0.05) is 19.4 Å². The van der Waals surface area contributed by atoms with E-state index in [0.717, 1.165) is 64.2 Å². The Bertz CT molecular complexity index is 851. The number of hydrogen-bond acceptors (Lipinski definition) is 8. The normalized spacial score (nSPS) is 13.7. The third kappa shape index (κ3) is 34.4. The Morgan fingerprint density at radius 1 is 0.604 bits per heavy atom. The molecule has 0 aliphatic carbocycles. The molecule has 10 heteroatoms. The van der Waals surface area contributed by atoms with Crippen LogP contribution in [-0.4, -0.2) is 49.3 Å². The average molecular weight is 702 g/mol. The van der Waals surface area contributed by atoms with Crippen LogP contribution in [0.15, 0.2) is 24.3 Å². The van der Waals surface area contributed by atoms with Gasteiger partial charge in [-0.25, -0.2) is 4.57 Å². The van der Waals surface area contributed by atoms with E-state index in [4.69, 9.17) is 24.3 Å². The van der Waals surface area contributed by atoms with Gasteiger partial charge in [-0.1, -0.05) is 122 Å². The lowest BCUT2D eigenvalue weighted by Gasteiger charge is -2.19. The fourth-order valence-electron chi connectivity index (χ4n) is 5.15. The van der Waals surface area contributed by atoms with Crippen molar-refractivity contribution in [3.05, 3.63) is 24.3 Å². The van der Waals surface area contributed by atoms with Crippen LogP contribution in [0.4, 0.5) is 0 Å². The SMILES string of the molecule is CCCCC/C=C/CCCCCCCC(=O)OC[C@H](COP(=O)(O)OCCN)OC(=O)CCCCC/C=C/CCCCCCCCCC. The second kappa shape index (κ2) is 35.3. The number of carbonyl (C=O) groups excluding carboxylic acids is 2. The zero-order valence-electron chi connectivity index (χ0n) is 30.7. The number of allylic oxidation sites excluding steroid dienone is 4. The quantitative estimate of drug-likeness (QED) is 0.0283. The maximum absolute atomic E-state index is 12.5. The average Bonchev–Trinajstić information content (AvgIpc) is 3.07. The summed E-state index contributed by atoms with van der Waals surface area (Å²) in [5.41, 5.74) is 5.33. The Hall–Kier alpha value is -1.51. The Morgan fingerprint density at radius 2 is 1.02 bits per heavy atom. The zero-order chi connectivity index (χ0) is 35.4. The van der Waals surface area contributed by atoms with Crippen LogP contribution in [0.1, 0.15) is 174 Å². The van der Waals surface area contributed by atoms with Crippen molar-refractivity contribution < 1.29 is 37.6 Å². The van der Waals surface area contributed by atoms with E-state index in [2.05, 4.69) is 38.2 Å². The van der Waals surface area contributed by atoms with E-state index in [0.29, 0.717) is 6.42 Å².